The number of likely N-dealkylation sites (tertiary alicyclic amines) is 1. The van der Waals surface area contributed by atoms with Crippen LogP contribution < -0.4 is 0 Å². The van der Waals surface area contributed by atoms with Crippen LogP contribution in [0.25, 0.3) is 11.0 Å². The predicted octanol–water partition coefficient (Wildman–Crippen LogP) is 2.38. The zero-order valence-corrected chi connectivity index (χ0v) is 12.5. The Morgan fingerprint density at radius 3 is 3.00 bits per heavy atom. The molecule has 0 saturated carbocycles. The van der Waals surface area contributed by atoms with Gasteiger partial charge in [-0.25, -0.2) is 9.78 Å². The number of aryl methyl sites for hydroxylation is 1. The van der Waals surface area contributed by atoms with E-state index in [9.17, 15) is 9.90 Å². The summed E-state index contributed by atoms with van der Waals surface area (Å²) in [6, 6.07) is 5.39. The van der Waals surface area contributed by atoms with Crippen LogP contribution in [0, 0.1) is 12.8 Å². The highest BCUT2D eigenvalue weighted by Crippen LogP contribution is 2.24. The topological polar surface area (TPSA) is 58.4 Å². The quantitative estimate of drug-likeness (QED) is 0.941. The van der Waals surface area contributed by atoms with E-state index < -0.39 is 5.97 Å². The number of carboxylic acids is 1. The maximum Gasteiger partial charge on any atom is 0.337 e. The van der Waals surface area contributed by atoms with Crippen LogP contribution in [-0.4, -0.2) is 45.7 Å². The average molecular weight is 287 g/mol. The molecule has 0 bridgehead atoms. The number of rotatable bonds is 3. The Morgan fingerprint density at radius 2 is 2.29 bits per heavy atom. The van der Waals surface area contributed by atoms with Gasteiger partial charge >= 0.3 is 5.97 Å². The largest absolute Gasteiger partial charge is 0.478 e. The van der Waals surface area contributed by atoms with E-state index in [0.29, 0.717) is 11.4 Å². The third-order valence-corrected chi connectivity index (χ3v) is 4.36. The van der Waals surface area contributed by atoms with Gasteiger partial charge in [-0.1, -0.05) is 6.07 Å². The van der Waals surface area contributed by atoms with Gasteiger partial charge in [0.05, 0.1) is 11.1 Å². The summed E-state index contributed by atoms with van der Waals surface area (Å²) in [6.45, 7) is 5.13. The number of nitrogens with zero attached hydrogens (tertiary/aromatic N) is 3. The molecule has 21 heavy (non-hydrogen) atoms. The summed E-state index contributed by atoms with van der Waals surface area (Å²) in [5.74, 6) is 0.586. The van der Waals surface area contributed by atoms with Crippen LogP contribution in [0.15, 0.2) is 18.2 Å². The normalized spacial score (nSPS) is 20.0. The van der Waals surface area contributed by atoms with Gasteiger partial charge in [-0.15, -0.1) is 0 Å². The van der Waals surface area contributed by atoms with Gasteiger partial charge in [-0.2, -0.15) is 0 Å². The van der Waals surface area contributed by atoms with E-state index in [0.717, 1.165) is 24.4 Å². The molecule has 1 aliphatic heterocycles. The molecule has 5 nitrogen and oxygen atoms in total. The first kappa shape index (κ1) is 14.1. The van der Waals surface area contributed by atoms with E-state index in [2.05, 4.69) is 21.5 Å². The van der Waals surface area contributed by atoms with Crippen molar-refractivity contribution in [3.63, 3.8) is 0 Å². The van der Waals surface area contributed by atoms with Crippen molar-refractivity contribution in [2.45, 2.75) is 26.3 Å². The molecule has 1 aromatic carbocycles. The fourth-order valence-corrected chi connectivity index (χ4v) is 3.35. The smallest absolute Gasteiger partial charge is 0.337 e. The Kier molecular flexibility index (Phi) is 3.68. The lowest BCUT2D eigenvalue weighted by atomic mass is 9.98. The molecule has 5 heteroatoms. The van der Waals surface area contributed by atoms with Gasteiger partial charge in [-0.3, -0.25) is 0 Å². The number of carboxylic acid groups (broad SMARTS) is 1. The van der Waals surface area contributed by atoms with E-state index in [4.69, 9.17) is 0 Å². The standard InChI is InChI=1S/C16H21N3O2/c1-11-17-15-13(16(20)21)6-3-7-14(15)19(11)10-12-5-4-8-18(2)9-12/h3,6-7,12H,4-5,8-10H2,1-2H3,(H,20,21). The molecule has 1 atom stereocenters. The number of hydrogen-bond acceptors (Lipinski definition) is 3. The van der Waals surface area contributed by atoms with E-state index in [-0.39, 0.29) is 5.56 Å². The molecule has 1 aliphatic rings. The van der Waals surface area contributed by atoms with E-state index in [1.807, 2.05) is 13.0 Å². The van der Waals surface area contributed by atoms with Crippen molar-refractivity contribution in [1.29, 1.82) is 0 Å². The highest BCUT2D eigenvalue weighted by Gasteiger charge is 2.21. The van der Waals surface area contributed by atoms with Gasteiger partial charge in [0.25, 0.3) is 0 Å². The SMILES string of the molecule is Cc1nc2c(C(=O)O)cccc2n1CC1CCCN(C)C1. The Hall–Kier alpha value is -1.88. The van der Waals surface area contributed by atoms with Crippen molar-refractivity contribution >= 4 is 17.0 Å². The lowest BCUT2D eigenvalue weighted by molar-refractivity contribution is 0.0699. The molecule has 1 N–H and O–H groups in total. The summed E-state index contributed by atoms with van der Waals surface area (Å²) >= 11 is 0. The molecule has 1 saturated heterocycles. The van der Waals surface area contributed by atoms with Crippen molar-refractivity contribution in [2.24, 2.45) is 5.92 Å². The number of carbonyl (C=O) groups is 1. The molecule has 2 aromatic rings. The fraction of sp³-hybridized carbons (Fsp3) is 0.500. The molecular formula is C16H21N3O2. The van der Waals surface area contributed by atoms with Crippen LogP contribution in [0.5, 0.6) is 0 Å². The van der Waals surface area contributed by atoms with E-state index >= 15 is 0 Å². The van der Waals surface area contributed by atoms with Gasteiger partial charge < -0.3 is 14.6 Å². The number of aromatic carboxylic acids is 1. The number of hydrogen-bond donors (Lipinski definition) is 1. The molecule has 112 valence electrons. The minimum absolute atomic E-state index is 0.287. The predicted molar refractivity (Wildman–Crippen MR) is 81.7 cm³/mol. The zero-order valence-electron chi connectivity index (χ0n) is 12.5. The summed E-state index contributed by atoms with van der Waals surface area (Å²) < 4.78 is 2.17. The number of imidazole rings is 1. The lowest BCUT2D eigenvalue weighted by Gasteiger charge is -2.30. The van der Waals surface area contributed by atoms with Crippen LogP contribution in [-0.2, 0) is 6.54 Å². The Bertz CT molecular complexity index is 677. The first-order valence-corrected chi connectivity index (χ1v) is 7.44. The molecule has 0 spiro atoms. The number of fused-ring (bicyclic) bond motifs is 1. The van der Waals surface area contributed by atoms with Crippen molar-refractivity contribution in [3.05, 3.63) is 29.6 Å². The zero-order chi connectivity index (χ0) is 15.0. The van der Waals surface area contributed by atoms with Crippen molar-refractivity contribution in [1.82, 2.24) is 14.5 Å². The molecule has 2 heterocycles. The Morgan fingerprint density at radius 1 is 1.48 bits per heavy atom. The summed E-state index contributed by atoms with van der Waals surface area (Å²) in [7, 11) is 2.16. The molecule has 0 aliphatic carbocycles. The van der Waals surface area contributed by atoms with Crippen LogP contribution in [0.1, 0.15) is 29.0 Å². The van der Waals surface area contributed by atoms with E-state index in [1.165, 1.54) is 19.4 Å². The van der Waals surface area contributed by atoms with Gasteiger partial charge in [0.1, 0.15) is 11.3 Å². The second kappa shape index (κ2) is 5.48. The van der Waals surface area contributed by atoms with Gasteiger partial charge in [0.15, 0.2) is 0 Å². The summed E-state index contributed by atoms with van der Waals surface area (Å²) in [4.78, 5) is 18.2. The Labute approximate surface area is 124 Å². The third-order valence-electron chi connectivity index (χ3n) is 4.36. The second-order valence-electron chi connectivity index (χ2n) is 6.02. The third kappa shape index (κ3) is 2.65. The minimum Gasteiger partial charge on any atom is -0.478 e. The average Bonchev–Trinajstić information content (AvgIpc) is 2.75. The molecule has 3 rings (SSSR count). The van der Waals surface area contributed by atoms with Gasteiger partial charge in [-0.05, 0) is 51.4 Å². The Balaban J connectivity index is 1.97. The van der Waals surface area contributed by atoms with Crippen LogP contribution in [0.4, 0.5) is 0 Å². The lowest BCUT2D eigenvalue weighted by Crippen LogP contribution is -2.34. The first-order valence-electron chi connectivity index (χ1n) is 7.44. The van der Waals surface area contributed by atoms with Crippen LogP contribution in [0.3, 0.4) is 0 Å². The summed E-state index contributed by atoms with van der Waals surface area (Å²) in [5, 5.41) is 9.28. The minimum atomic E-state index is -0.914. The molecule has 1 aromatic heterocycles. The fourth-order valence-electron chi connectivity index (χ4n) is 3.35. The number of para-hydroxylation sites is 1. The van der Waals surface area contributed by atoms with Crippen LogP contribution >= 0.6 is 0 Å². The van der Waals surface area contributed by atoms with E-state index in [1.54, 1.807) is 12.1 Å². The van der Waals surface area contributed by atoms with Crippen molar-refractivity contribution in [3.8, 4) is 0 Å². The maximum absolute atomic E-state index is 11.3. The second-order valence-corrected chi connectivity index (χ2v) is 6.02. The molecular weight excluding hydrogens is 266 g/mol. The number of aromatic nitrogens is 2. The molecule has 1 unspecified atom stereocenters. The van der Waals surface area contributed by atoms with Crippen LogP contribution in [0.2, 0.25) is 0 Å². The highest BCUT2D eigenvalue weighted by molar-refractivity contribution is 6.01. The summed E-state index contributed by atoms with van der Waals surface area (Å²) in [6.07, 6.45) is 2.45. The molecule has 0 amide bonds. The molecule has 0 radical (unpaired) electrons. The van der Waals surface area contributed by atoms with Crippen molar-refractivity contribution in [2.75, 3.05) is 20.1 Å². The monoisotopic (exact) mass is 287 g/mol. The number of benzene rings is 1. The first-order chi connectivity index (χ1) is 10.1. The van der Waals surface area contributed by atoms with Crippen molar-refractivity contribution < 1.29 is 9.90 Å². The van der Waals surface area contributed by atoms with Gasteiger partial charge in [0, 0.05) is 13.1 Å². The summed E-state index contributed by atoms with van der Waals surface area (Å²) in [5.41, 5.74) is 1.82. The number of piperidine rings is 1. The maximum atomic E-state index is 11.3. The highest BCUT2D eigenvalue weighted by atomic mass is 16.4. The molecule has 1 fully saturated rings. The van der Waals surface area contributed by atoms with Gasteiger partial charge in [0.2, 0.25) is 0 Å².